The second-order valence-corrected chi connectivity index (χ2v) is 26.6. The van der Waals surface area contributed by atoms with Gasteiger partial charge in [0.15, 0.2) is 35.3 Å². The first-order valence-corrected chi connectivity index (χ1v) is 33.7. The number of anilines is 3. The summed E-state index contributed by atoms with van der Waals surface area (Å²) in [5, 5.41) is 29.7. The minimum absolute atomic E-state index is 0.0287. The number of benzene rings is 6. The summed E-state index contributed by atoms with van der Waals surface area (Å²) < 4.78 is 177. The highest BCUT2D eigenvalue weighted by atomic mass is 35.5. The summed E-state index contributed by atoms with van der Waals surface area (Å²) in [6, 6.07) is 37.6. The zero-order valence-electron chi connectivity index (χ0n) is 57.3. The van der Waals surface area contributed by atoms with Crippen molar-refractivity contribution in [1.82, 2.24) is 45.3 Å². The number of ether oxygens (including phenoxy) is 3. The van der Waals surface area contributed by atoms with Crippen molar-refractivity contribution in [3.8, 4) is 50.8 Å². The maximum Gasteiger partial charge on any atom is 0.416 e. The molecular weight excluding hydrogens is 1490 g/mol. The van der Waals surface area contributed by atoms with Gasteiger partial charge in [-0.15, -0.1) is 15.3 Å². The van der Waals surface area contributed by atoms with E-state index in [1.165, 1.54) is 82.2 Å². The van der Waals surface area contributed by atoms with Crippen LogP contribution in [0.15, 0.2) is 152 Å². The summed E-state index contributed by atoms with van der Waals surface area (Å²) in [5.41, 5.74) is 2.75. The summed E-state index contributed by atoms with van der Waals surface area (Å²) in [6.45, 7) is 3.19. The van der Waals surface area contributed by atoms with Crippen LogP contribution in [-0.2, 0) is 62.8 Å². The molecule has 12 rings (SSSR count). The lowest BCUT2D eigenvalue weighted by Gasteiger charge is -2.28. The largest absolute Gasteiger partial charge is 0.416 e. The van der Waals surface area contributed by atoms with Crippen LogP contribution in [0.1, 0.15) is 63.6 Å². The van der Waals surface area contributed by atoms with E-state index in [1.807, 2.05) is 30.3 Å². The van der Waals surface area contributed by atoms with Crippen LogP contribution in [0.3, 0.4) is 0 Å². The zero-order valence-corrected chi connectivity index (χ0v) is 58.8. The topological polar surface area (TPSA) is 256 Å². The van der Waals surface area contributed by atoms with Crippen molar-refractivity contribution in [3.63, 3.8) is 0 Å². The van der Waals surface area contributed by atoms with Crippen LogP contribution in [0, 0.1) is 35.2 Å². The number of alkyl halides is 9. The lowest BCUT2D eigenvalue weighted by molar-refractivity contribution is -0.267. The average Bonchev–Trinajstić information content (AvgIpc) is 1.63. The van der Waals surface area contributed by atoms with Gasteiger partial charge >= 0.3 is 18.5 Å². The van der Waals surface area contributed by atoms with Gasteiger partial charge in [0, 0.05) is 83.8 Å². The number of amides is 6. The normalized spacial score (nSPS) is 16.5. The predicted molar refractivity (Wildman–Crippen MR) is 372 cm³/mol. The maximum atomic E-state index is 14.5. The molecule has 0 radical (unpaired) electrons. The Bertz CT molecular complexity index is 4570. The highest BCUT2D eigenvalue weighted by Crippen LogP contribution is 2.38. The SMILES string of the molecule is CC(C)(OCc1cc(Cl)cc(-c2cc(NC(=O)[C@@H]3CNC(=O)C3)nn2-c2ccccc2)c1)C(F)(F)F.C[C@@H](OCc1cc(Cl)cc(-c2cc(NC(=O)[C@@H]3CNC(=O)C3)nn2-c2ccc(F)cc2)c1)C(F)(F)F.C[C@@H](OCc1cc(F)cc(-c2cc(NC(=O)[C@H]3CNC(=O)C3)nn2-c2ccc(F)cc2)c1)C(F)(F)F. The standard InChI is InChI=1S/C25H24ClF3N4O3.C24H21ClF4N4O3.C24H21F5N4O3/c1-24(2,25(27,28)29)36-14-15-8-16(10-18(26)9-15)20-12-21(31-23(35)17-11-22(34)30-13-17)32-33(20)19-6-4-3-5-7-19;1-13(24(27,28)29)36-12-14-6-15(8-17(25)7-14)20-10-21(31-23(35)16-9-22(34)30-11-16)32-33(20)19-4-2-18(26)3-5-19;1-13(24(27,28)29)36-12-14-6-15(8-18(26)7-14)20-10-21(31-23(35)16-9-22(34)30-11-16)32-33(20)19-4-2-17(25)3-5-19/h3-10,12,17H,11,13-14H2,1-2H3,(H,30,34)(H,31,32,35);2*2-8,10,13,16H,9,11-12H2,1H3,(H,30,34)(H,31,32,35)/t17-;13-,16+;13-,16-/m011/s1. The van der Waals surface area contributed by atoms with Gasteiger partial charge in [-0.2, -0.15) is 39.5 Å². The molecule has 21 nitrogen and oxygen atoms in total. The van der Waals surface area contributed by atoms with Crippen molar-refractivity contribution in [2.75, 3.05) is 35.6 Å². The third kappa shape index (κ3) is 21.0. The lowest BCUT2D eigenvalue weighted by atomic mass is 10.1. The average molecular weight is 1550 g/mol. The second kappa shape index (κ2) is 33.7. The van der Waals surface area contributed by atoms with Gasteiger partial charge in [-0.25, -0.2) is 27.2 Å². The zero-order chi connectivity index (χ0) is 78.2. The molecule has 3 saturated heterocycles. The molecule has 0 unspecified atom stereocenters. The molecule has 0 bridgehead atoms. The molecule has 6 aromatic carbocycles. The molecular formula is C73H66Cl2F12N12O9. The van der Waals surface area contributed by atoms with Gasteiger partial charge in [0.05, 0.1) is 71.7 Å². The Hall–Kier alpha value is -10.6. The monoisotopic (exact) mass is 1550 g/mol. The molecule has 3 aromatic heterocycles. The van der Waals surface area contributed by atoms with E-state index in [-0.39, 0.29) is 115 Å². The van der Waals surface area contributed by atoms with E-state index < -0.39 is 90.0 Å². The second-order valence-electron chi connectivity index (χ2n) is 25.7. The smallest absolute Gasteiger partial charge is 0.364 e. The van der Waals surface area contributed by atoms with Crippen LogP contribution in [0.25, 0.3) is 50.8 Å². The summed E-state index contributed by atoms with van der Waals surface area (Å²) in [5.74, 6) is -4.65. The number of rotatable bonds is 21. The molecule has 5 atom stereocenters. The molecule has 9 aromatic rings. The third-order valence-electron chi connectivity index (χ3n) is 17.0. The van der Waals surface area contributed by atoms with Gasteiger partial charge in [0.2, 0.25) is 35.4 Å². The molecule has 6 N–H and O–H groups in total. The van der Waals surface area contributed by atoms with Crippen molar-refractivity contribution >= 4 is 76.1 Å². The number of carbonyl (C=O) groups is 6. The van der Waals surface area contributed by atoms with Gasteiger partial charge in [-0.3, -0.25) is 28.8 Å². The first kappa shape index (κ1) is 79.9. The highest BCUT2D eigenvalue weighted by molar-refractivity contribution is 6.31. The molecule has 3 aliphatic rings. The van der Waals surface area contributed by atoms with Crippen LogP contribution in [0.2, 0.25) is 10.0 Å². The Labute approximate surface area is 617 Å². The number of hydrogen-bond donors (Lipinski definition) is 6. The van der Waals surface area contributed by atoms with Crippen LogP contribution < -0.4 is 31.9 Å². The molecule has 0 spiro atoms. The number of hydrogen-bond acceptors (Lipinski definition) is 12. The Balaban J connectivity index is 0.000000173. The van der Waals surface area contributed by atoms with E-state index in [0.717, 1.165) is 39.8 Å². The number of carbonyl (C=O) groups excluding carboxylic acids is 6. The molecule has 108 heavy (non-hydrogen) atoms. The summed E-state index contributed by atoms with van der Waals surface area (Å²) >= 11 is 12.6. The molecule has 570 valence electrons. The van der Waals surface area contributed by atoms with Crippen molar-refractivity contribution in [1.29, 1.82) is 0 Å². The number of nitrogens with one attached hydrogen (secondary N) is 6. The van der Waals surface area contributed by atoms with E-state index >= 15 is 0 Å². The minimum Gasteiger partial charge on any atom is -0.364 e. The summed E-state index contributed by atoms with van der Waals surface area (Å²) in [7, 11) is 0. The van der Waals surface area contributed by atoms with Gasteiger partial charge in [-0.05, 0) is 160 Å². The van der Waals surface area contributed by atoms with Crippen molar-refractivity contribution in [2.45, 2.75) is 103 Å². The predicted octanol–water partition coefficient (Wildman–Crippen LogP) is 14.4. The van der Waals surface area contributed by atoms with Crippen LogP contribution in [0.5, 0.6) is 0 Å². The summed E-state index contributed by atoms with van der Waals surface area (Å²) in [6.07, 6.45) is -17.4. The van der Waals surface area contributed by atoms with Crippen LogP contribution in [0.4, 0.5) is 70.1 Å². The van der Waals surface area contributed by atoms with Gasteiger partial charge in [0.1, 0.15) is 17.5 Å². The third-order valence-corrected chi connectivity index (χ3v) is 17.5. The first-order chi connectivity index (χ1) is 50.9. The van der Waals surface area contributed by atoms with Crippen LogP contribution >= 0.6 is 23.2 Å². The number of para-hydroxylation sites is 1. The van der Waals surface area contributed by atoms with E-state index in [2.05, 4.69) is 47.2 Å². The number of nitrogens with zero attached hydrogens (tertiary/aromatic N) is 6. The fourth-order valence-corrected chi connectivity index (χ4v) is 11.5. The van der Waals surface area contributed by atoms with E-state index in [9.17, 15) is 81.5 Å². The van der Waals surface area contributed by atoms with Gasteiger partial charge in [0.25, 0.3) is 0 Å². The highest BCUT2D eigenvalue weighted by Gasteiger charge is 2.48. The Kier molecular flexibility index (Phi) is 24.9. The van der Waals surface area contributed by atoms with Crippen molar-refractivity contribution < 1.29 is 95.7 Å². The Morgan fingerprint density at radius 2 is 0.796 bits per heavy atom. The quantitative estimate of drug-likeness (QED) is 0.0367. The summed E-state index contributed by atoms with van der Waals surface area (Å²) in [4.78, 5) is 72.2. The molecule has 3 fully saturated rings. The van der Waals surface area contributed by atoms with E-state index in [1.54, 1.807) is 41.1 Å². The minimum atomic E-state index is -4.57. The molecule has 35 heteroatoms. The fourth-order valence-electron chi connectivity index (χ4n) is 10.9. The van der Waals surface area contributed by atoms with E-state index in [4.69, 9.17) is 37.4 Å². The molecule has 6 amide bonds. The number of halogens is 14. The fraction of sp³-hybridized carbons (Fsp3) is 0.301. The van der Waals surface area contributed by atoms with Crippen LogP contribution in [-0.4, -0.2) is 121 Å². The molecule has 6 heterocycles. The van der Waals surface area contributed by atoms with Gasteiger partial charge in [-0.1, -0.05) is 41.4 Å². The van der Waals surface area contributed by atoms with Gasteiger partial charge < -0.3 is 46.1 Å². The Morgan fingerprint density at radius 3 is 1.13 bits per heavy atom. The number of aromatic nitrogens is 6. The van der Waals surface area contributed by atoms with Crippen molar-refractivity contribution in [2.24, 2.45) is 17.8 Å². The molecule has 3 aliphatic heterocycles. The first-order valence-electron chi connectivity index (χ1n) is 33.0. The molecule has 0 saturated carbocycles. The Morgan fingerprint density at radius 1 is 0.463 bits per heavy atom. The van der Waals surface area contributed by atoms with E-state index in [0.29, 0.717) is 55.7 Å². The lowest BCUT2D eigenvalue weighted by Crippen LogP contribution is -2.41. The maximum absolute atomic E-state index is 14.5. The van der Waals surface area contributed by atoms with Crippen molar-refractivity contribution in [3.05, 3.63) is 196 Å². The molecule has 0 aliphatic carbocycles.